The maximum atomic E-state index is 15.7. The molecule has 0 unspecified atom stereocenters. The van der Waals surface area contributed by atoms with Gasteiger partial charge >= 0.3 is 18.3 Å². The lowest BCUT2D eigenvalue weighted by atomic mass is 10.0. The minimum absolute atomic E-state index is 0.0242. The van der Waals surface area contributed by atoms with Crippen molar-refractivity contribution in [2.45, 2.75) is 58.9 Å². The van der Waals surface area contributed by atoms with Crippen LogP contribution in [0.5, 0.6) is 11.9 Å². The molecular weight excluding hydrogens is 636 g/mol. The molecule has 0 N–H and O–H groups in total. The predicted octanol–water partition coefficient (Wildman–Crippen LogP) is 5.70. The van der Waals surface area contributed by atoms with Crippen LogP contribution in [0.1, 0.15) is 52.8 Å². The molecule has 3 heterocycles. The number of hydrogen-bond acceptors (Lipinski definition) is 11. The summed E-state index contributed by atoms with van der Waals surface area (Å²) in [4.78, 5) is 39.5. The van der Waals surface area contributed by atoms with Crippen molar-refractivity contribution in [1.82, 2.24) is 15.0 Å². The summed E-state index contributed by atoms with van der Waals surface area (Å²) in [6.07, 6.45) is -4.94. The summed E-state index contributed by atoms with van der Waals surface area (Å²) in [6.45, 7) is 9.25. The van der Waals surface area contributed by atoms with E-state index in [4.69, 9.17) is 36.4 Å². The van der Waals surface area contributed by atoms with Gasteiger partial charge in [-0.2, -0.15) is 28.4 Å². The number of halogens is 4. The average molecular weight is 665 g/mol. The van der Waals surface area contributed by atoms with Gasteiger partial charge in [0.25, 0.3) is 5.91 Å². The fourth-order valence-electron chi connectivity index (χ4n) is 4.44. The Kier molecular flexibility index (Phi) is 9.25. The molecule has 4 rings (SSSR count). The fourth-order valence-corrected chi connectivity index (χ4v) is 4.96. The van der Waals surface area contributed by atoms with Gasteiger partial charge in [-0.15, -0.1) is 0 Å². The zero-order chi connectivity index (χ0) is 34.2. The zero-order valence-electron chi connectivity index (χ0n) is 25.5. The first-order valence-electron chi connectivity index (χ1n) is 13.7. The normalized spacial score (nSPS) is 14.8. The van der Waals surface area contributed by atoms with Crippen LogP contribution in [0.3, 0.4) is 0 Å². The van der Waals surface area contributed by atoms with Gasteiger partial charge in [-0.25, -0.2) is 14.2 Å². The summed E-state index contributed by atoms with van der Waals surface area (Å²) < 4.78 is 77.9. The van der Waals surface area contributed by atoms with Crippen LogP contribution in [0, 0.1) is 17.1 Å². The largest absolute Gasteiger partial charge is 0.508 e. The monoisotopic (exact) mass is 664 g/mol. The van der Waals surface area contributed by atoms with Gasteiger partial charge < -0.3 is 23.8 Å². The van der Waals surface area contributed by atoms with Crippen molar-refractivity contribution < 1.29 is 46.1 Å². The smallest absolute Gasteiger partial charge is 0.473 e. The van der Waals surface area contributed by atoms with E-state index in [0.717, 1.165) is 17.2 Å². The molecule has 0 bridgehead atoms. The quantitative estimate of drug-likeness (QED) is 0.126. The lowest BCUT2D eigenvalue weighted by Gasteiger charge is -2.29. The number of carbonyl (C=O) groups excluding carboxylic acids is 2. The van der Waals surface area contributed by atoms with Crippen LogP contribution in [-0.2, 0) is 20.4 Å². The number of aromatic nitrogens is 3. The number of anilines is 2. The molecule has 0 saturated carbocycles. The van der Waals surface area contributed by atoms with E-state index in [-0.39, 0.29) is 59.1 Å². The SMILES string of the molecule is CCOc1nc(OCCOC(=O)OC(C)(C)C)c2cc(N3C(=S)N(c4cnc(C#N)c(C(F)(F)F)c4)C(=O)C3(C)C)cc(F)c2n1. The number of alkyl halides is 3. The summed E-state index contributed by atoms with van der Waals surface area (Å²) in [5, 5.41) is 8.86. The second kappa shape index (κ2) is 12.5. The summed E-state index contributed by atoms with van der Waals surface area (Å²) in [5.41, 5.74) is -5.06. The molecule has 0 spiro atoms. The molecule has 2 aromatic heterocycles. The van der Waals surface area contributed by atoms with Crippen molar-refractivity contribution in [1.29, 1.82) is 5.26 Å². The van der Waals surface area contributed by atoms with E-state index in [2.05, 4.69) is 15.0 Å². The highest BCUT2D eigenvalue weighted by Crippen LogP contribution is 2.41. The second-order valence-electron chi connectivity index (χ2n) is 11.2. The molecule has 3 aromatic rings. The Hall–Kier alpha value is -4.85. The van der Waals surface area contributed by atoms with E-state index < -0.39 is 46.5 Å². The van der Waals surface area contributed by atoms with Crippen molar-refractivity contribution in [2.75, 3.05) is 29.6 Å². The second-order valence-corrected chi connectivity index (χ2v) is 11.6. The molecule has 1 aromatic carbocycles. The van der Waals surface area contributed by atoms with Crippen LogP contribution in [0.2, 0.25) is 0 Å². The van der Waals surface area contributed by atoms with Crippen LogP contribution < -0.4 is 19.3 Å². The number of amides is 1. The van der Waals surface area contributed by atoms with Crippen LogP contribution in [0.25, 0.3) is 10.9 Å². The first-order chi connectivity index (χ1) is 21.4. The third-order valence-corrected chi connectivity index (χ3v) is 6.72. The van der Waals surface area contributed by atoms with Crippen molar-refractivity contribution in [3.05, 3.63) is 41.5 Å². The zero-order valence-corrected chi connectivity index (χ0v) is 26.3. The number of pyridine rings is 1. The molecular formula is C29H28F4N6O6S. The van der Waals surface area contributed by atoms with Gasteiger partial charge in [-0.3, -0.25) is 9.69 Å². The number of nitriles is 1. The maximum Gasteiger partial charge on any atom is 0.508 e. The minimum atomic E-state index is -4.94. The third-order valence-electron chi connectivity index (χ3n) is 6.36. The number of carbonyl (C=O) groups is 2. The Bertz CT molecular complexity index is 1760. The molecule has 0 radical (unpaired) electrons. The highest BCUT2D eigenvalue weighted by atomic mass is 32.1. The van der Waals surface area contributed by atoms with Crippen molar-refractivity contribution in [2.24, 2.45) is 0 Å². The van der Waals surface area contributed by atoms with Crippen LogP contribution in [0.15, 0.2) is 24.4 Å². The first kappa shape index (κ1) is 34.0. The van der Waals surface area contributed by atoms with Gasteiger partial charge in [0, 0.05) is 5.69 Å². The van der Waals surface area contributed by atoms with Gasteiger partial charge in [-0.05, 0) is 72.0 Å². The van der Waals surface area contributed by atoms with E-state index in [1.807, 2.05) is 0 Å². The summed E-state index contributed by atoms with van der Waals surface area (Å²) in [5.74, 6) is -1.77. The van der Waals surface area contributed by atoms with Crippen LogP contribution >= 0.6 is 12.2 Å². The number of ether oxygens (including phenoxy) is 4. The third kappa shape index (κ3) is 6.86. The molecule has 1 aliphatic heterocycles. The number of rotatable bonds is 8. The highest BCUT2D eigenvalue weighted by Gasteiger charge is 2.51. The molecule has 1 saturated heterocycles. The number of nitrogens with zero attached hydrogens (tertiary/aromatic N) is 6. The van der Waals surface area contributed by atoms with Gasteiger partial charge in [0.2, 0.25) is 5.88 Å². The van der Waals surface area contributed by atoms with Crippen molar-refractivity contribution >= 4 is 51.7 Å². The van der Waals surface area contributed by atoms with Crippen LogP contribution in [-0.4, -0.2) is 63.1 Å². The van der Waals surface area contributed by atoms with E-state index in [1.54, 1.807) is 27.7 Å². The van der Waals surface area contributed by atoms with E-state index in [9.17, 15) is 22.8 Å². The molecule has 244 valence electrons. The Balaban J connectivity index is 1.73. The van der Waals surface area contributed by atoms with Gasteiger partial charge in [-0.1, -0.05) is 0 Å². The van der Waals surface area contributed by atoms with Crippen molar-refractivity contribution in [3.8, 4) is 18.0 Å². The Morgan fingerprint density at radius 1 is 1.09 bits per heavy atom. The van der Waals surface area contributed by atoms with E-state index >= 15 is 4.39 Å². The summed E-state index contributed by atoms with van der Waals surface area (Å²) in [7, 11) is 0. The maximum absolute atomic E-state index is 15.7. The molecule has 1 fully saturated rings. The Labute approximate surface area is 265 Å². The summed E-state index contributed by atoms with van der Waals surface area (Å²) in [6, 6.07) is 4.22. The molecule has 1 amide bonds. The van der Waals surface area contributed by atoms with Gasteiger partial charge in [0.15, 0.2) is 16.6 Å². The molecule has 17 heteroatoms. The Morgan fingerprint density at radius 3 is 2.39 bits per heavy atom. The van der Waals surface area contributed by atoms with E-state index in [0.29, 0.717) is 6.07 Å². The molecule has 0 aliphatic carbocycles. The topological polar surface area (TPSA) is 140 Å². The lowest BCUT2D eigenvalue weighted by Crippen LogP contribution is -2.44. The van der Waals surface area contributed by atoms with Crippen molar-refractivity contribution in [3.63, 3.8) is 0 Å². The first-order valence-corrected chi connectivity index (χ1v) is 14.1. The molecule has 0 atom stereocenters. The molecule has 12 nitrogen and oxygen atoms in total. The van der Waals surface area contributed by atoms with E-state index in [1.165, 1.54) is 30.9 Å². The number of benzene rings is 1. The lowest BCUT2D eigenvalue weighted by molar-refractivity contribution is -0.138. The molecule has 46 heavy (non-hydrogen) atoms. The van der Waals surface area contributed by atoms with Gasteiger partial charge in [0.1, 0.15) is 35.9 Å². The highest BCUT2D eigenvalue weighted by molar-refractivity contribution is 7.81. The molecule has 1 aliphatic rings. The number of hydrogen-bond donors (Lipinski definition) is 0. The predicted molar refractivity (Wildman–Crippen MR) is 159 cm³/mol. The minimum Gasteiger partial charge on any atom is -0.473 e. The number of thiocarbonyl (C=S) groups is 1. The summed E-state index contributed by atoms with van der Waals surface area (Å²) >= 11 is 5.54. The Morgan fingerprint density at radius 2 is 1.78 bits per heavy atom. The fraction of sp³-hybridized carbons (Fsp3) is 0.414. The average Bonchev–Trinajstić information content (AvgIpc) is 3.12. The van der Waals surface area contributed by atoms with Crippen LogP contribution in [0.4, 0.5) is 33.7 Å². The standard InChI is InChI=1S/C29H28F4N6O6S/c1-7-42-24-36-21-17(22(37-24)43-8-9-44-26(41)45-27(2,3)4)10-15(12-19(21)30)39-25(46)38(23(40)28(39,5)6)16-11-18(29(31,32)33)20(13-34)35-14-16/h10-12,14H,7-9H2,1-6H3. The van der Waals surface area contributed by atoms with Gasteiger partial charge in [0.05, 0.1) is 29.4 Å². The number of fused-ring (bicyclic) bond motifs is 1.